The molecule has 7 heteroatoms. The predicted octanol–water partition coefficient (Wildman–Crippen LogP) is 1.02. The van der Waals surface area contributed by atoms with Gasteiger partial charge in [-0.3, -0.25) is 14.0 Å². The second kappa shape index (κ2) is 5.56. The zero-order valence-corrected chi connectivity index (χ0v) is 14.8. The van der Waals surface area contributed by atoms with E-state index in [9.17, 15) is 9.59 Å². The van der Waals surface area contributed by atoms with Crippen LogP contribution in [0.2, 0.25) is 0 Å². The second-order valence-corrected chi connectivity index (χ2v) is 7.18. The lowest BCUT2D eigenvalue weighted by molar-refractivity contribution is -0.158. The minimum absolute atomic E-state index is 0.0107. The highest BCUT2D eigenvalue weighted by Gasteiger charge is 2.46. The molecule has 4 rings (SSSR count). The molecule has 2 amide bonds. The van der Waals surface area contributed by atoms with Crippen molar-refractivity contribution in [3.05, 3.63) is 35.3 Å². The Balaban J connectivity index is 1.61. The number of morpholine rings is 1. The van der Waals surface area contributed by atoms with Crippen LogP contribution in [0.25, 0.3) is 5.65 Å². The molecule has 132 valence electrons. The van der Waals surface area contributed by atoms with E-state index in [-0.39, 0.29) is 18.4 Å². The van der Waals surface area contributed by atoms with Crippen molar-refractivity contribution in [1.29, 1.82) is 0 Å². The summed E-state index contributed by atoms with van der Waals surface area (Å²) in [6, 6.07) is 3.95. The average Bonchev–Trinajstić information content (AvgIpc) is 3.11. The van der Waals surface area contributed by atoms with Gasteiger partial charge in [0.1, 0.15) is 23.5 Å². The Morgan fingerprint density at radius 1 is 1.32 bits per heavy atom. The molecule has 2 aromatic rings. The lowest BCUT2D eigenvalue weighted by atomic mass is 10.0. The molecule has 25 heavy (non-hydrogen) atoms. The largest absolute Gasteiger partial charge is 0.361 e. The molecule has 0 unspecified atom stereocenters. The number of aromatic nitrogens is 2. The number of likely N-dealkylation sites (tertiary alicyclic amines) is 1. The van der Waals surface area contributed by atoms with Gasteiger partial charge >= 0.3 is 0 Å². The SMILES string of the molecule is Cc1ccn2c(C(=O)N3CC[C@]4(CN(C)C(=O)CO4)C3)c(C)nc2c1. The number of imidazole rings is 1. The molecule has 2 aliphatic rings. The van der Waals surface area contributed by atoms with Crippen LogP contribution in [0.15, 0.2) is 18.3 Å². The monoisotopic (exact) mass is 342 g/mol. The van der Waals surface area contributed by atoms with Crippen LogP contribution in [0.4, 0.5) is 0 Å². The van der Waals surface area contributed by atoms with Gasteiger partial charge in [-0.25, -0.2) is 4.98 Å². The van der Waals surface area contributed by atoms with Gasteiger partial charge in [0, 0.05) is 19.8 Å². The van der Waals surface area contributed by atoms with Crippen molar-refractivity contribution in [2.24, 2.45) is 0 Å². The third kappa shape index (κ3) is 2.59. The highest BCUT2D eigenvalue weighted by molar-refractivity contribution is 5.95. The van der Waals surface area contributed by atoms with Crippen LogP contribution >= 0.6 is 0 Å². The molecular formula is C18H22N4O3. The summed E-state index contributed by atoms with van der Waals surface area (Å²) in [5, 5.41) is 0. The first-order chi connectivity index (χ1) is 11.9. The number of carbonyl (C=O) groups excluding carboxylic acids is 2. The van der Waals surface area contributed by atoms with E-state index in [0.29, 0.717) is 25.3 Å². The predicted molar refractivity (Wildman–Crippen MR) is 91.5 cm³/mol. The Kier molecular flexibility index (Phi) is 3.57. The summed E-state index contributed by atoms with van der Waals surface area (Å²) in [4.78, 5) is 32.8. The van der Waals surface area contributed by atoms with Crippen LogP contribution in [0.5, 0.6) is 0 Å². The van der Waals surface area contributed by atoms with Crippen LogP contribution in [-0.2, 0) is 9.53 Å². The number of likely N-dealkylation sites (N-methyl/N-ethyl adjacent to an activating group) is 1. The maximum absolute atomic E-state index is 13.1. The Bertz CT molecular complexity index is 875. The summed E-state index contributed by atoms with van der Waals surface area (Å²) in [5.74, 6) is -0.0442. The molecule has 7 nitrogen and oxygen atoms in total. The summed E-state index contributed by atoms with van der Waals surface area (Å²) >= 11 is 0. The van der Waals surface area contributed by atoms with Crippen molar-refractivity contribution in [2.45, 2.75) is 25.9 Å². The van der Waals surface area contributed by atoms with E-state index in [1.165, 1.54) is 0 Å². The topological polar surface area (TPSA) is 67.2 Å². The lowest BCUT2D eigenvalue weighted by Crippen LogP contribution is -2.54. The maximum atomic E-state index is 13.1. The molecule has 1 atom stereocenters. The van der Waals surface area contributed by atoms with E-state index in [0.717, 1.165) is 23.3 Å². The number of carbonyl (C=O) groups is 2. The fourth-order valence-electron chi connectivity index (χ4n) is 3.83. The molecule has 0 bridgehead atoms. The van der Waals surface area contributed by atoms with Crippen LogP contribution in [0.3, 0.4) is 0 Å². The van der Waals surface area contributed by atoms with E-state index < -0.39 is 5.60 Å². The van der Waals surface area contributed by atoms with Crippen molar-refractivity contribution in [3.8, 4) is 0 Å². The molecule has 0 aliphatic carbocycles. The Morgan fingerprint density at radius 3 is 2.88 bits per heavy atom. The van der Waals surface area contributed by atoms with Crippen LogP contribution in [0.1, 0.15) is 28.2 Å². The standard InChI is InChI=1S/C18H22N4O3/c1-12-4-6-22-14(8-12)19-13(2)16(22)17(24)21-7-5-18(11-21)10-20(3)15(23)9-25-18/h4,6,8H,5,7,9-11H2,1-3H3/t18-/m0/s1. The van der Waals surface area contributed by atoms with Gasteiger partial charge in [-0.05, 0) is 38.0 Å². The fourth-order valence-corrected chi connectivity index (χ4v) is 3.83. The number of amides is 2. The molecule has 2 aromatic heterocycles. The normalized spacial score (nSPS) is 23.9. The number of pyridine rings is 1. The molecule has 2 fully saturated rings. The van der Waals surface area contributed by atoms with Gasteiger partial charge < -0.3 is 14.5 Å². The van der Waals surface area contributed by atoms with Crippen molar-refractivity contribution in [1.82, 2.24) is 19.2 Å². The minimum Gasteiger partial charge on any atom is -0.361 e. The molecule has 0 radical (unpaired) electrons. The molecule has 1 spiro atoms. The number of aryl methyl sites for hydroxylation is 2. The number of fused-ring (bicyclic) bond motifs is 1. The second-order valence-electron chi connectivity index (χ2n) is 7.18. The van der Waals surface area contributed by atoms with Crippen LogP contribution < -0.4 is 0 Å². The smallest absolute Gasteiger partial charge is 0.272 e. The van der Waals surface area contributed by atoms with Gasteiger partial charge in [-0.2, -0.15) is 0 Å². The van der Waals surface area contributed by atoms with Gasteiger partial charge in [0.05, 0.1) is 18.8 Å². The third-order valence-electron chi connectivity index (χ3n) is 5.22. The van der Waals surface area contributed by atoms with E-state index >= 15 is 0 Å². The van der Waals surface area contributed by atoms with Crippen LogP contribution in [-0.4, -0.2) is 69.9 Å². The van der Waals surface area contributed by atoms with Gasteiger partial charge in [0.2, 0.25) is 5.91 Å². The van der Waals surface area contributed by atoms with Crippen molar-refractivity contribution < 1.29 is 14.3 Å². The molecule has 2 saturated heterocycles. The first-order valence-electron chi connectivity index (χ1n) is 8.51. The van der Waals surface area contributed by atoms with E-state index in [1.807, 2.05) is 41.5 Å². The van der Waals surface area contributed by atoms with E-state index in [4.69, 9.17) is 4.74 Å². The molecule has 2 aliphatic heterocycles. The van der Waals surface area contributed by atoms with E-state index in [1.54, 1.807) is 11.9 Å². The summed E-state index contributed by atoms with van der Waals surface area (Å²) in [5.41, 5.74) is 2.79. The van der Waals surface area contributed by atoms with Crippen LogP contribution in [0, 0.1) is 13.8 Å². The number of rotatable bonds is 1. The Labute approximate surface area is 146 Å². The quantitative estimate of drug-likeness (QED) is 0.776. The maximum Gasteiger partial charge on any atom is 0.272 e. The van der Waals surface area contributed by atoms with Crippen molar-refractivity contribution in [2.75, 3.05) is 33.3 Å². The molecule has 0 saturated carbocycles. The van der Waals surface area contributed by atoms with Gasteiger partial charge in [-0.1, -0.05) is 0 Å². The summed E-state index contributed by atoms with van der Waals surface area (Å²) in [6.07, 6.45) is 2.64. The number of nitrogens with zero attached hydrogens (tertiary/aromatic N) is 4. The van der Waals surface area contributed by atoms with Crippen molar-refractivity contribution in [3.63, 3.8) is 0 Å². The van der Waals surface area contributed by atoms with Gasteiger partial charge in [0.25, 0.3) is 5.91 Å². The summed E-state index contributed by atoms with van der Waals surface area (Å²) in [6.45, 7) is 5.62. The zero-order chi connectivity index (χ0) is 17.8. The third-order valence-corrected chi connectivity index (χ3v) is 5.22. The molecule has 4 heterocycles. The number of hydrogen-bond donors (Lipinski definition) is 0. The average molecular weight is 342 g/mol. The summed E-state index contributed by atoms with van der Waals surface area (Å²) < 4.78 is 7.69. The van der Waals surface area contributed by atoms with Gasteiger partial charge in [-0.15, -0.1) is 0 Å². The summed E-state index contributed by atoms with van der Waals surface area (Å²) in [7, 11) is 1.79. The minimum atomic E-state index is -0.441. The van der Waals surface area contributed by atoms with E-state index in [2.05, 4.69) is 4.98 Å². The number of hydrogen-bond acceptors (Lipinski definition) is 4. The fraction of sp³-hybridized carbons (Fsp3) is 0.500. The molecule has 0 aromatic carbocycles. The van der Waals surface area contributed by atoms with Crippen molar-refractivity contribution >= 4 is 17.5 Å². The first-order valence-corrected chi connectivity index (χ1v) is 8.51. The lowest BCUT2D eigenvalue weighted by Gasteiger charge is -2.38. The first kappa shape index (κ1) is 16.1. The number of ether oxygens (including phenoxy) is 1. The Hall–Kier alpha value is -2.41. The highest BCUT2D eigenvalue weighted by Crippen LogP contribution is 2.30. The highest BCUT2D eigenvalue weighted by atomic mass is 16.5. The van der Waals surface area contributed by atoms with Gasteiger partial charge in [0.15, 0.2) is 0 Å². The molecular weight excluding hydrogens is 320 g/mol. The zero-order valence-electron chi connectivity index (χ0n) is 14.8. The Morgan fingerprint density at radius 2 is 2.12 bits per heavy atom. The molecule has 0 N–H and O–H groups in total.